The minimum absolute atomic E-state index is 0.00122. The van der Waals surface area contributed by atoms with Crippen LogP contribution in [-0.2, 0) is 0 Å². The fourth-order valence-electron chi connectivity index (χ4n) is 3.15. The fraction of sp³-hybridized carbons (Fsp3) is 0.136. The number of nitrogens with zero attached hydrogens (tertiary/aromatic N) is 2. The molecule has 0 aliphatic carbocycles. The van der Waals surface area contributed by atoms with Crippen LogP contribution in [0.1, 0.15) is 16.1 Å². The third-order valence-corrected chi connectivity index (χ3v) is 5.77. The standard InChI is InChI=1S/C22H17ClFN3O4S/c1-11-18(20(27-31-11)19-13(23)5-4-6-14(19)24)21(28)26-22-25-15(10-32-22)12-7-8-16(29-2)17(9-12)30-3/h4-10H,1-3H3,(H,25,26,28). The van der Waals surface area contributed by atoms with Crippen LogP contribution in [-0.4, -0.2) is 30.3 Å². The number of aryl methyl sites for hydroxylation is 1. The number of thiazole rings is 1. The molecular weight excluding hydrogens is 457 g/mol. The molecule has 164 valence electrons. The Hall–Kier alpha value is -3.43. The number of nitrogens with one attached hydrogen (secondary N) is 1. The predicted molar refractivity (Wildman–Crippen MR) is 120 cm³/mol. The molecule has 0 saturated heterocycles. The number of ether oxygens (including phenoxy) is 2. The first kappa shape index (κ1) is 21.8. The third-order valence-electron chi connectivity index (χ3n) is 4.69. The molecule has 0 fully saturated rings. The maximum Gasteiger partial charge on any atom is 0.263 e. The van der Waals surface area contributed by atoms with Gasteiger partial charge in [0.2, 0.25) is 0 Å². The van der Waals surface area contributed by atoms with E-state index in [2.05, 4.69) is 15.5 Å². The number of hydrogen-bond donors (Lipinski definition) is 1. The summed E-state index contributed by atoms with van der Waals surface area (Å²) < 4.78 is 30.1. The highest BCUT2D eigenvalue weighted by atomic mass is 35.5. The Morgan fingerprint density at radius 1 is 1.19 bits per heavy atom. The molecule has 1 N–H and O–H groups in total. The van der Waals surface area contributed by atoms with Gasteiger partial charge in [-0.25, -0.2) is 9.37 Å². The minimum atomic E-state index is -0.607. The highest BCUT2D eigenvalue weighted by Crippen LogP contribution is 2.35. The molecule has 0 bridgehead atoms. The molecule has 10 heteroatoms. The Bertz CT molecular complexity index is 1280. The lowest BCUT2D eigenvalue weighted by molar-refractivity contribution is 0.102. The van der Waals surface area contributed by atoms with Gasteiger partial charge >= 0.3 is 0 Å². The van der Waals surface area contributed by atoms with E-state index in [-0.39, 0.29) is 27.6 Å². The molecule has 4 aromatic rings. The number of carbonyl (C=O) groups is 1. The molecular formula is C22H17ClFN3O4S. The van der Waals surface area contributed by atoms with Gasteiger partial charge in [-0.15, -0.1) is 11.3 Å². The molecule has 0 spiro atoms. The van der Waals surface area contributed by atoms with Gasteiger partial charge in [-0.1, -0.05) is 22.8 Å². The van der Waals surface area contributed by atoms with E-state index >= 15 is 0 Å². The van der Waals surface area contributed by atoms with Gasteiger partial charge in [-0.3, -0.25) is 10.1 Å². The molecule has 32 heavy (non-hydrogen) atoms. The molecule has 0 saturated carbocycles. The number of halogens is 2. The number of anilines is 1. The van der Waals surface area contributed by atoms with E-state index in [1.807, 2.05) is 6.07 Å². The Labute approximate surface area is 191 Å². The lowest BCUT2D eigenvalue weighted by atomic mass is 10.1. The van der Waals surface area contributed by atoms with Crippen LogP contribution in [0.4, 0.5) is 9.52 Å². The van der Waals surface area contributed by atoms with Crippen LogP contribution in [0.15, 0.2) is 46.3 Å². The number of amides is 1. The number of hydrogen-bond acceptors (Lipinski definition) is 7. The second-order valence-electron chi connectivity index (χ2n) is 6.62. The van der Waals surface area contributed by atoms with E-state index in [9.17, 15) is 9.18 Å². The first-order chi connectivity index (χ1) is 15.4. The molecule has 2 aromatic carbocycles. The second kappa shape index (κ2) is 8.97. The lowest BCUT2D eigenvalue weighted by Crippen LogP contribution is -2.13. The molecule has 0 unspecified atom stereocenters. The second-order valence-corrected chi connectivity index (χ2v) is 7.89. The molecule has 2 heterocycles. The van der Waals surface area contributed by atoms with Gasteiger partial charge < -0.3 is 14.0 Å². The number of methoxy groups -OCH3 is 2. The van der Waals surface area contributed by atoms with Crippen molar-refractivity contribution in [2.75, 3.05) is 19.5 Å². The van der Waals surface area contributed by atoms with Crippen molar-refractivity contribution in [2.45, 2.75) is 6.92 Å². The Morgan fingerprint density at radius 3 is 2.69 bits per heavy atom. The summed E-state index contributed by atoms with van der Waals surface area (Å²) in [6.45, 7) is 1.57. The Balaban J connectivity index is 1.62. The topological polar surface area (TPSA) is 86.5 Å². The molecule has 7 nitrogen and oxygen atoms in total. The van der Waals surface area contributed by atoms with Gasteiger partial charge in [-0.2, -0.15) is 0 Å². The first-order valence-electron chi connectivity index (χ1n) is 9.32. The summed E-state index contributed by atoms with van der Waals surface area (Å²) in [7, 11) is 3.11. The molecule has 0 radical (unpaired) electrons. The van der Waals surface area contributed by atoms with Crippen LogP contribution in [0.5, 0.6) is 11.5 Å². The molecule has 1 amide bonds. The summed E-state index contributed by atoms with van der Waals surface area (Å²) in [6.07, 6.45) is 0. The minimum Gasteiger partial charge on any atom is -0.493 e. The third kappa shape index (κ3) is 4.04. The molecule has 0 aliphatic rings. The van der Waals surface area contributed by atoms with Gasteiger partial charge in [0.15, 0.2) is 16.6 Å². The average Bonchev–Trinajstić information content (AvgIpc) is 3.40. The fourth-order valence-corrected chi connectivity index (χ4v) is 4.12. The summed E-state index contributed by atoms with van der Waals surface area (Å²) in [5.74, 6) is 0.252. The van der Waals surface area contributed by atoms with Crippen molar-refractivity contribution in [2.24, 2.45) is 0 Å². The van der Waals surface area contributed by atoms with Crippen molar-refractivity contribution in [3.8, 4) is 34.0 Å². The van der Waals surface area contributed by atoms with Gasteiger partial charge in [0, 0.05) is 10.9 Å². The van der Waals surface area contributed by atoms with Gasteiger partial charge in [0.25, 0.3) is 5.91 Å². The maximum absolute atomic E-state index is 14.4. The monoisotopic (exact) mass is 473 g/mol. The van der Waals surface area contributed by atoms with Gasteiger partial charge in [-0.05, 0) is 37.3 Å². The predicted octanol–water partition coefficient (Wildman–Crippen LogP) is 5.84. The smallest absolute Gasteiger partial charge is 0.263 e. The lowest BCUT2D eigenvalue weighted by Gasteiger charge is -2.08. The SMILES string of the molecule is COc1ccc(-c2csc(NC(=O)c3c(-c4c(F)cccc4Cl)noc3C)n2)cc1OC. The maximum atomic E-state index is 14.4. The Morgan fingerprint density at radius 2 is 1.97 bits per heavy atom. The summed E-state index contributed by atoms with van der Waals surface area (Å²) in [5.41, 5.74) is 1.55. The summed E-state index contributed by atoms with van der Waals surface area (Å²) in [5, 5.41) is 8.85. The zero-order chi connectivity index (χ0) is 22.8. The quantitative estimate of drug-likeness (QED) is 0.379. The van der Waals surface area contributed by atoms with Crippen molar-refractivity contribution >= 4 is 34.0 Å². The van der Waals surface area contributed by atoms with Gasteiger partial charge in [0.05, 0.1) is 30.5 Å². The van der Waals surface area contributed by atoms with Crippen LogP contribution in [0.25, 0.3) is 22.5 Å². The van der Waals surface area contributed by atoms with Crippen molar-refractivity contribution in [3.63, 3.8) is 0 Å². The van der Waals surface area contributed by atoms with Crippen molar-refractivity contribution in [3.05, 3.63) is 63.9 Å². The van der Waals surface area contributed by atoms with Crippen LogP contribution >= 0.6 is 22.9 Å². The highest BCUT2D eigenvalue weighted by Gasteiger charge is 2.26. The number of benzene rings is 2. The van der Waals surface area contributed by atoms with E-state index < -0.39 is 11.7 Å². The normalized spacial score (nSPS) is 10.8. The first-order valence-corrected chi connectivity index (χ1v) is 10.6. The van der Waals surface area contributed by atoms with E-state index in [0.29, 0.717) is 22.3 Å². The van der Waals surface area contributed by atoms with E-state index in [1.165, 1.54) is 29.5 Å². The largest absolute Gasteiger partial charge is 0.493 e. The van der Waals surface area contributed by atoms with E-state index in [4.69, 9.17) is 25.6 Å². The molecule has 0 aliphatic heterocycles. The van der Waals surface area contributed by atoms with Crippen molar-refractivity contribution in [1.29, 1.82) is 0 Å². The van der Waals surface area contributed by atoms with Crippen LogP contribution in [0.2, 0.25) is 5.02 Å². The van der Waals surface area contributed by atoms with Crippen LogP contribution in [0.3, 0.4) is 0 Å². The average molecular weight is 474 g/mol. The zero-order valence-corrected chi connectivity index (χ0v) is 18.8. The van der Waals surface area contributed by atoms with E-state index in [0.717, 1.165) is 5.56 Å². The summed E-state index contributed by atoms with van der Waals surface area (Å²) in [4.78, 5) is 17.5. The van der Waals surface area contributed by atoms with Crippen LogP contribution in [0, 0.1) is 12.7 Å². The molecule has 4 rings (SSSR count). The van der Waals surface area contributed by atoms with Gasteiger partial charge in [0.1, 0.15) is 22.8 Å². The summed E-state index contributed by atoms with van der Waals surface area (Å²) in [6, 6.07) is 9.63. The number of aromatic nitrogens is 2. The highest BCUT2D eigenvalue weighted by molar-refractivity contribution is 7.14. The number of rotatable bonds is 6. The van der Waals surface area contributed by atoms with Crippen molar-refractivity contribution in [1.82, 2.24) is 10.1 Å². The zero-order valence-electron chi connectivity index (χ0n) is 17.2. The number of carbonyl (C=O) groups excluding carboxylic acids is 1. The van der Waals surface area contributed by atoms with Crippen molar-refractivity contribution < 1.29 is 23.2 Å². The van der Waals surface area contributed by atoms with E-state index in [1.54, 1.807) is 38.7 Å². The Kier molecular flexibility index (Phi) is 6.11. The van der Waals surface area contributed by atoms with Crippen LogP contribution < -0.4 is 14.8 Å². The summed E-state index contributed by atoms with van der Waals surface area (Å²) >= 11 is 7.39. The molecule has 0 atom stereocenters. The molecule has 2 aromatic heterocycles.